The minimum absolute atomic E-state index is 0.229. The summed E-state index contributed by atoms with van der Waals surface area (Å²) < 4.78 is 26.2. The third kappa shape index (κ3) is 4.96. The average molecular weight is 478 g/mol. The van der Waals surface area contributed by atoms with Gasteiger partial charge in [-0.1, -0.05) is 66.2 Å². The van der Waals surface area contributed by atoms with E-state index in [1.165, 1.54) is 45.5 Å². The molecular weight excluding hydrogens is 448 g/mol. The zero-order valence-electron chi connectivity index (χ0n) is 19.4. The third-order valence-corrected chi connectivity index (χ3v) is 7.44. The molecule has 176 valence electrons. The van der Waals surface area contributed by atoms with Crippen molar-refractivity contribution in [3.8, 4) is 0 Å². The molecule has 1 aliphatic carbocycles. The fraction of sp³-hybridized carbons (Fsp3) is 0.333. The lowest BCUT2D eigenvalue weighted by Crippen LogP contribution is -2.47. The van der Waals surface area contributed by atoms with Gasteiger partial charge in [0.25, 0.3) is 0 Å². The zero-order chi connectivity index (χ0) is 23.5. The fourth-order valence-corrected chi connectivity index (χ4v) is 5.75. The van der Waals surface area contributed by atoms with Crippen LogP contribution in [-0.2, 0) is 12.8 Å². The highest BCUT2D eigenvalue weighted by atomic mass is 35.5. The van der Waals surface area contributed by atoms with E-state index in [-0.39, 0.29) is 12.5 Å². The van der Waals surface area contributed by atoms with E-state index < -0.39 is 0 Å². The van der Waals surface area contributed by atoms with Crippen LogP contribution in [0, 0.1) is 11.7 Å². The highest BCUT2D eigenvalue weighted by molar-refractivity contribution is 6.32. The Morgan fingerprint density at radius 3 is 2.47 bits per heavy atom. The maximum absolute atomic E-state index is 13.8. The molecule has 1 fully saturated rings. The second-order valence-corrected chi connectivity index (χ2v) is 9.96. The van der Waals surface area contributed by atoms with Crippen molar-refractivity contribution >= 4 is 22.7 Å². The highest BCUT2D eigenvalue weighted by Crippen LogP contribution is 2.41. The van der Waals surface area contributed by atoms with E-state index >= 15 is 0 Å². The molecule has 1 aliphatic heterocycles. The summed E-state index contributed by atoms with van der Waals surface area (Å²) in [5.41, 5.74) is 8.40. The maximum atomic E-state index is 13.8. The van der Waals surface area contributed by atoms with Gasteiger partial charge >= 0.3 is 0 Å². The highest BCUT2D eigenvalue weighted by Gasteiger charge is 2.26. The molecule has 0 amide bonds. The van der Waals surface area contributed by atoms with Crippen LogP contribution in [0.5, 0.6) is 0 Å². The third-order valence-electron chi connectivity index (χ3n) is 7.13. The van der Waals surface area contributed by atoms with Gasteiger partial charge in [0, 0.05) is 19.6 Å². The molecule has 0 N–H and O–H groups in total. The van der Waals surface area contributed by atoms with E-state index in [1.54, 1.807) is 0 Å². The van der Waals surface area contributed by atoms with E-state index in [4.69, 9.17) is 11.6 Å². The van der Waals surface area contributed by atoms with Gasteiger partial charge in [0.05, 0.1) is 11.7 Å². The molecule has 4 heteroatoms. The van der Waals surface area contributed by atoms with Crippen LogP contribution in [0.3, 0.4) is 0 Å². The van der Waals surface area contributed by atoms with Crippen LogP contribution in [0.15, 0.2) is 66.7 Å². The summed E-state index contributed by atoms with van der Waals surface area (Å²) in [7, 11) is 0. The lowest BCUT2D eigenvalue weighted by Gasteiger charge is -2.39. The minimum Gasteiger partial charge on any atom is -0.303 e. The van der Waals surface area contributed by atoms with Crippen molar-refractivity contribution in [3.63, 3.8) is 0 Å². The molecule has 0 saturated carbocycles. The van der Waals surface area contributed by atoms with Crippen LogP contribution < -0.4 is 0 Å². The summed E-state index contributed by atoms with van der Waals surface area (Å²) in [6.07, 6.45) is 4.63. The van der Waals surface area contributed by atoms with Crippen molar-refractivity contribution in [3.05, 3.63) is 105 Å². The van der Waals surface area contributed by atoms with Crippen LogP contribution in [-0.4, -0.2) is 31.2 Å². The molecule has 0 atom stereocenters. The molecular formula is C30H30ClF2N. The number of alkyl halides is 1. The predicted octanol–water partition coefficient (Wildman–Crippen LogP) is 7.61. The number of nitrogens with zero attached hydrogens (tertiary/aromatic N) is 1. The molecule has 3 aromatic carbocycles. The number of aryl methyl sites for hydroxylation is 1. The molecule has 1 heterocycles. The smallest absolute Gasteiger partial charge is 0.124 e. The quantitative estimate of drug-likeness (QED) is 0.338. The van der Waals surface area contributed by atoms with Gasteiger partial charge in [-0.2, -0.15) is 0 Å². The molecule has 1 saturated heterocycles. The number of benzene rings is 3. The maximum Gasteiger partial charge on any atom is 0.124 e. The fourth-order valence-electron chi connectivity index (χ4n) is 5.47. The van der Waals surface area contributed by atoms with Crippen molar-refractivity contribution in [2.75, 3.05) is 26.3 Å². The summed E-state index contributed by atoms with van der Waals surface area (Å²) in [4.78, 5) is 2.34. The van der Waals surface area contributed by atoms with Crippen LogP contribution in [0.2, 0.25) is 5.02 Å². The molecule has 34 heavy (non-hydrogen) atoms. The van der Waals surface area contributed by atoms with Crippen molar-refractivity contribution in [2.45, 2.75) is 32.1 Å². The van der Waals surface area contributed by atoms with Gasteiger partial charge in [-0.25, -0.2) is 4.39 Å². The number of halogens is 3. The second kappa shape index (κ2) is 10.4. The van der Waals surface area contributed by atoms with E-state index in [1.807, 2.05) is 6.07 Å². The van der Waals surface area contributed by atoms with E-state index in [9.17, 15) is 8.78 Å². The predicted molar refractivity (Wildman–Crippen MR) is 137 cm³/mol. The number of hydrogen-bond donors (Lipinski definition) is 0. The van der Waals surface area contributed by atoms with Crippen molar-refractivity contribution in [2.24, 2.45) is 5.92 Å². The second-order valence-electron chi connectivity index (χ2n) is 9.56. The van der Waals surface area contributed by atoms with Gasteiger partial charge in [0.2, 0.25) is 0 Å². The summed E-state index contributed by atoms with van der Waals surface area (Å²) in [6.45, 7) is 2.77. The average Bonchev–Trinajstić information content (AvgIpc) is 3.00. The van der Waals surface area contributed by atoms with Crippen molar-refractivity contribution < 1.29 is 8.78 Å². The first-order valence-corrected chi connectivity index (χ1v) is 12.6. The van der Waals surface area contributed by atoms with Gasteiger partial charge < -0.3 is 4.90 Å². The summed E-state index contributed by atoms with van der Waals surface area (Å²) in [5.74, 6) is 0.338. The Hall–Kier alpha value is -2.49. The molecule has 0 bridgehead atoms. The SMILES string of the molecule is FCCCN1CC(Cc2ccc(C3=C(c4ccc(F)cc4Cl)CCCc4ccccc43)cc2)C1. The Labute approximate surface area is 206 Å². The van der Waals surface area contributed by atoms with Crippen molar-refractivity contribution in [1.82, 2.24) is 4.90 Å². The zero-order valence-corrected chi connectivity index (χ0v) is 20.1. The molecule has 0 radical (unpaired) electrons. The van der Waals surface area contributed by atoms with Gasteiger partial charge in [-0.15, -0.1) is 0 Å². The van der Waals surface area contributed by atoms with Gasteiger partial charge in [0.1, 0.15) is 5.82 Å². The number of allylic oxidation sites excluding steroid dienone is 1. The first kappa shape index (κ1) is 23.3. The molecule has 2 aliphatic rings. The normalized spacial score (nSPS) is 16.8. The molecule has 0 spiro atoms. The first-order valence-electron chi connectivity index (χ1n) is 12.3. The standard InChI is InChI=1S/C30H30ClF2N/c31-29-18-25(33)13-14-27(29)28-8-3-6-23-5-1-2-7-26(23)30(28)24-11-9-21(10-12-24)17-22-19-34(20-22)16-4-15-32/h1-2,5,7,9-14,18,22H,3-4,6,8,15-17,19-20H2. The van der Waals surface area contributed by atoms with Crippen LogP contribution >= 0.6 is 11.6 Å². The number of fused-ring (bicyclic) bond motifs is 1. The number of rotatable bonds is 7. The lowest BCUT2D eigenvalue weighted by molar-refractivity contribution is 0.0968. The Bertz CT molecular complexity index is 1180. The van der Waals surface area contributed by atoms with Crippen molar-refractivity contribution in [1.29, 1.82) is 0 Å². The first-order chi connectivity index (χ1) is 16.6. The van der Waals surface area contributed by atoms with Gasteiger partial charge in [0.15, 0.2) is 0 Å². The van der Waals surface area contributed by atoms with E-state index in [0.29, 0.717) is 17.4 Å². The Morgan fingerprint density at radius 1 is 0.912 bits per heavy atom. The Morgan fingerprint density at radius 2 is 1.71 bits per heavy atom. The van der Waals surface area contributed by atoms with E-state index in [2.05, 4.69) is 53.4 Å². The Kier molecular flexibility index (Phi) is 7.12. The van der Waals surface area contributed by atoms with Gasteiger partial charge in [-0.05, 0) is 89.1 Å². The largest absolute Gasteiger partial charge is 0.303 e. The van der Waals surface area contributed by atoms with Gasteiger partial charge in [-0.3, -0.25) is 4.39 Å². The topological polar surface area (TPSA) is 3.24 Å². The summed E-state index contributed by atoms with van der Waals surface area (Å²) in [6, 6.07) is 22.3. The molecule has 0 aromatic heterocycles. The number of likely N-dealkylation sites (tertiary alicyclic amines) is 1. The Balaban J connectivity index is 1.47. The monoisotopic (exact) mass is 477 g/mol. The van der Waals surface area contributed by atoms with Crippen LogP contribution in [0.25, 0.3) is 11.1 Å². The van der Waals surface area contributed by atoms with Crippen LogP contribution in [0.4, 0.5) is 8.78 Å². The molecule has 0 unspecified atom stereocenters. The minimum atomic E-state index is -0.312. The molecule has 5 rings (SSSR count). The molecule has 1 nitrogen and oxygen atoms in total. The summed E-state index contributed by atoms with van der Waals surface area (Å²) >= 11 is 6.55. The van der Waals surface area contributed by atoms with Crippen LogP contribution in [0.1, 0.15) is 47.1 Å². The van der Waals surface area contributed by atoms with E-state index in [0.717, 1.165) is 50.9 Å². The molecule has 3 aromatic rings. The summed E-state index contributed by atoms with van der Waals surface area (Å²) in [5, 5.41) is 0.464. The lowest BCUT2D eigenvalue weighted by atomic mass is 9.86. The number of hydrogen-bond acceptors (Lipinski definition) is 1.